The molecule has 1 saturated heterocycles. The number of fused-ring (bicyclic) bond motifs is 1. The summed E-state index contributed by atoms with van der Waals surface area (Å²) in [4.78, 5) is 38.7. The molecule has 2 heterocycles. The van der Waals surface area contributed by atoms with E-state index in [1.807, 2.05) is 18.2 Å². The Kier molecular flexibility index (Phi) is 4.11. The van der Waals surface area contributed by atoms with Crippen molar-refractivity contribution in [2.24, 2.45) is 0 Å². The fraction of sp³-hybridized carbons (Fsp3) is 0.400. The molecule has 0 radical (unpaired) electrons. The number of carbonyl (C=O) groups excluding carboxylic acids is 3. The molecule has 1 unspecified atom stereocenters. The van der Waals surface area contributed by atoms with Gasteiger partial charge in [-0.1, -0.05) is 18.2 Å². The number of hydrogen-bond donors (Lipinski definition) is 2. The highest BCUT2D eigenvalue weighted by atomic mass is 16.3. The molecular weight excluding hydrogens is 360 g/mol. The maximum Gasteiger partial charge on any atom is 0.325 e. The standard InChI is InChI=1S/C20H20N4O4/c1-19(15-10-13-6-2-3-7-14(13)28-15)17(26)24(18(27)23-19)11-16(25)22-20(12-21)8-4-5-9-20/h2-3,6-7,10H,4-5,8-9,11H2,1H3,(H,22,25)(H,23,27). The number of para-hydroxylation sites is 1. The van der Waals surface area contributed by atoms with Crippen LogP contribution in [0.5, 0.6) is 0 Å². The van der Waals surface area contributed by atoms with Crippen molar-refractivity contribution in [3.63, 3.8) is 0 Å². The summed E-state index contributed by atoms with van der Waals surface area (Å²) in [5, 5.41) is 15.5. The van der Waals surface area contributed by atoms with Crippen LogP contribution >= 0.6 is 0 Å². The van der Waals surface area contributed by atoms with Crippen molar-refractivity contribution < 1.29 is 18.8 Å². The van der Waals surface area contributed by atoms with Crippen molar-refractivity contribution in [1.82, 2.24) is 15.5 Å². The quantitative estimate of drug-likeness (QED) is 0.789. The minimum Gasteiger partial charge on any atom is -0.458 e. The fourth-order valence-electron chi connectivity index (χ4n) is 3.93. The summed E-state index contributed by atoms with van der Waals surface area (Å²) in [7, 11) is 0. The molecule has 1 aromatic carbocycles. The van der Waals surface area contributed by atoms with Crippen LogP contribution < -0.4 is 10.6 Å². The summed E-state index contributed by atoms with van der Waals surface area (Å²) in [5.41, 5.74) is -1.69. The molecule has 144 valence electrons. The van der Waals surface area contributed by atoms with Gasteiger partial charge in [0, 0.05) is 5.39 Å². The number of rotatable bonds is 4. The number of imide groups is 1. The van der Waals surface area contributed by atoms with Crippen LogP contribution in [0.15, 0.2) is 34.7 Å². The molecule has 2 fully saturated rings. The van der Waals surface area contributed by atoms with Crippen molar-refractivity contribution >= 4 is 28.8 Å². The normalized spacial score (nSPS) is 23.6. The molecule has 1 aliphatic carbocycles. The fourth-order valence-corrected chi connectivity index (χ4v) is 3.93. The van der Waals surface area contributed by atoms with Gasteiger partial charge in [0.1, 0.15) is 23.4 Å². The first-order valence-electron chi connectivity index (χ1n) is 9.22. The summed E-state index contributed by atoms with van der Waals surface area (Å²) in [6, 6.07) is 10.5. The summed E-state index contributed by atoms with van der Waals surface area (Å²) in [6.07, 6.45) is 2.88. The SMILES string of the molecule is CC1(c2cc3ccccc3o2)NC(=O)N(CC(=O)NC2(C#N)CCCC2)C1=O. The minimum absolute atomic E-state index is 0.305. The van der Waals surface area contributed by atoms with Crippen LogP contribution in [0.3, 0.4) is 0 Å². The summed E-state index contributed by atoms with van der Waals surface area (Å²) >= 11 is 0. The lowest BCUT2D eigenvalue weighted by molar-refractivity contribution is -0.135. The van der Waals surface area contributed by atoms with Crippen LogP contribution in [0.25, 0.3) is 11.0 Å². The van der Waals surface area contributed by atoms with E-state index in [0.29, 0.717) is 24.2 Å². The predicted molar refractivity (Wildman–Crippen MR) is 98.8 cm³/mol. The van der Waals surface area contributed by atoms with Gasteiger partial charge < -0.3 is 15.1 Å². The van der Waals surface area contributed by atoms with Gasteiger partial charge in [0.2, 0.25) is 5.91 Å². The zero-order chi connectivity index (χ0) is 19.9. The molecule has 0 bridgehead atoms. The van der Waals surface area contributed by atoms with Gasteiger partial charge in [-0.15, -0.1) is 0 Å². The van der Waals surface area contributed by atoms with Crippen LogP contribution in [-0.4, -0.2) is 34.8 Å². The van der Waals surface area contributed by atoms with Gasteiger partial charge in [-0.05, 0) is 44.7 Å². The third kappa shape index (κ3) is 2.80. The Labute approximate surface area is 161 Å². The van der Waals surface area contributed by atoms with E-state index < -0.39 is 35.5 Å². The Hall–Kier alpha value is -3.34. The van der Waals surface area contributed by atoms with E-state index in [1.54, 1.807) is 19.1 Å². The lowest BCUT2D eigenvalue weighted by atomic mass is 9.98. The van der Waals surface area contributed by atoms with Crippen LogP contribution in [0.4, 0.5) is 4.79 Å². The molecule has 4 rings (SSSR count). The van der Waals surface area contributed by atoms with Crippen LogP contribution in [0.1, 0.15) is 38.4 Å². The average molecular weight is 380 g/mol. The minimum atomic E-state index is -1.39. The smallest absolute Gasteiger partial charge is 0.325 e. The molecule has 28 heavy (non-hydrogen) atoms. The van der Waals surface area contributed by atoms with E-state index in [1.165, 1.54) is 0 Å². The first-order chi connectivity index (χ1) is 13.4. The number of urea groups is 1. The van der Waals surface area contributed by atoms with Crippen molar-refractivity contribution in [1.29, 1.82) is 5.26 Å². The van der Waals surface area contributed by atoms with E-state index in [9.17, 15) is 19.6 Å². The van der Waals surface area contributed by atoms with Gasteiger partial charge in [-0.2, -0.15) is 5.26 Å². The van der Waals surface area contributed by atoms with Crippen molar-refractivity contribution in [2.45, 2.75) is 43.7 Å². The van der Waals surface area contributed by atoms with Crippen LogP contribution in [0.2, 0.25) is 0 Å². The van der Waals surface area contributed by atoms with Crippen LogP contribution in [-0.2, 0) is 15.1 Å². The molecular formula is C20H20N4O4. The molecule has 8 heteroatoms. The second-order valence-corrected chi connectivity index (χ2v) is 7.54. The monoisotopic (exact) mass is 380 g/mol. The molecule has 1 atom stereocenters. The van der Waals surface area contributed by atoms with Crippen molar-refractivity contribution in [3.8, 4) is 6.07 Å². The molecule has 4 amide bonds. The zero-order valence-corrected chi connectivity index (χ0v) is 15.4. The molecule has 2 aliphatic rings. The molecule has 1 aromatic heterocycles. The molecule has 1 aliphatic heterocycles. The summed E-state index contributed by atoms with van der Waals surface area (Å²) in [5.74, 6) is -0.788. The van der Waals surface area contributed by atoms with Gasteiger partial charge in [-0.25, -0.2) is 4.79 Å². The number of benzene rings is 1. The lowest BCUT2D eigenvalue weighted by Gasteiger charge is -2.23. The Balaban J connectivity index is 1.53. The number of nitrogens with one attached hydrogen (secondary N) is 2. The van der Waals surface area contributed by atoms with E-state index in [0.717, 1.165) is 23.1 Å². The van der Waals surface area contributed by atoms with Gasteiger partial charge in [0.25, 0.3) is 5.91 Å². The summed E-state index contributed by atoms with van der Waals surface area (Å²) in [6.45, 7) is 1.11. The van der Waals surface area contributed by atoms with E-state index in [2.05, 4.69) is 16.7 Å². The first-order valence-corrected chi connectivity index (χ1v) is 9.22. The Morgan fingerprint density at radius 3 is 2.71 bits per heavy atom. The number of furan rings is 1. The number of hydrogen-bond acceptors (Lipinski definition) is 5. The van der Waals surface area contributed by atoms with E-state index in [-0.39, 0.29) is 0 Å². The van der Waals surface area contributed by atoms with E-state index >= 15 is 0 Å². The lowest BCUT2D eigenvalue weighted by Crippen LogP contribution is -2.50. The highest BCUT2D eigenvalue weighted by Crippen LogP contribution is 2.33. The Morgan fingerprint density at radius 1 is 1.32 bits per heavy atom. The maximum atomic E-state index is 13.0. The second-order valence-electron chi connectivity index (χ2n) is 7.54. The van der Waals surface area contributed by atoms with Gasteiger partial charge in [-0.3, -0.25) is 14.5 Å². The molecule has 8 nitrogen and oxygen atoms in total. The number of amides is 4. The van der Waals surface area contributed by atoms with E-state index in [4.69, 9.17) is 4.42 Å². The second kappa shape index (κ2) is 6.37. The predicted octanol–water partition coefficient (Wildman–Crippen LogP) is 2.15. The molecule has 0 spiro atoms. The Morgan fingerprint density at radius 2 is 2.04 bits per heavy atom. The average Bonchev–Trinajstić information content (AvgIpc) is 3.36. The number of nitrogens with zero attached hydrogens (tertiary/aromatic N) is 2. The highest BCUT2D eigenvalue weighted by molar-refractivity contribution is 6.09. The largest absolute Gasteiger partial charge is 0.458 e. The highest BCUT2D eigenvalue weighted by Gasteiger charge is 2.52. The molecule has 1 saturated carbocycles. The molecule has 2 N–H and O–H groups in total. The topological polar surface area (TPSA) is 115 Å². The van der Waals surface area contributed by atoms with Gasteiger partial charge >= 0.3 is 6.03 Å². The van der Waals surface area contributed by atoms with Gasteiger partial charge in [0.15, 0.2) is 5.54 Å². The number of carbonyl (C=O) groups is 3. The zero-order valence-electron chi connectivity index (χ0n) is 15.4. The maximum absolute atomic E-state index is 13.0. The summed E-state index contributed by atoms with van der Waals surface area (Å²) < 4.78 is 5.76. The number of nitriles is 1. The third-order valence-electron chi connectivity index (χ3n) is 5.54. The Bertz CT molecular complexity index is 982. The van der Waals surface area contributed by atoms with Crippen LogP contribution in [0, 0.1) is 11.3 Å². The van der Waals surface area contributed by atoms with Crippen molar-refractivity contribution in [2.75, 3.05) is 6.54 Å². The van der Waals surface area contributed by atoms with Gasteiger partial charge in [0.05, 0.1) is 6.07 Å². The first kappa shape index (κ1) is 18.0. The van der Waals surface area contributed by atoms with Crippen molar-refractivity contribution in [3.05, 3.63) is 36.1 Å². The third-order valence-corrected chi connectivity index (χ3v) is 5.54. The molecule has 2 aromatic rings.